The third kappa shape index (κ3) is 3.40. The van der Waals surface area contributed by atoms with Crippen LogP contribution in [0.25, 0.3) is 0 Å². The molecule has 1 saturated heterocycles. The van der Waals surface area contributed by atoms with Crippen LogP contribution in [0.2, 0.25) is 0 Å². The van der Waals surface area contributed by atoms with E-state index >= 15 is 0 Å². The van der Waals surface area contributed by atoms with E-state index in [1.807, 2.05) is 36.2 Å². The molecule has 0 saturated carbocycles. The van der Waals surface area contributed by atoms with Gasteiger partial charge >= 0.3 is 0 Å². The highest BCUT2D eigenvalue weighted by molar-refractivity contribution is 5.80. The van der Waals surface area contributed by atoms with Crippen molar-refractivity contribution >= 4 is 5.91 Å². The third-order valence-corrected chi connectivity index (χ3v) is 5.15. The predicted octanol–water partition coefficient (Wildman–Crippen LogP) is 2.56. The van der Waals surface area contributed by atoms with Crippen LogP contribution in [0.5, 0.6) is 11.5 Å². The lowest BCUT2D eigenvalue weighted by molar-refractivity contribution is -0.127. The molecule has 0 aromatic heterocycles. The Morgan fingerprint density at radius 2 is 1.85 bits per heavy atom. The average molecular weight is 352 g/mol. The minimum absolute atomic E-state index is 0.0870. The molecule has 5 nitrogen and oxygen atoms in total. The van der Waals surface area contributed by atoms with E-state index in [2.05, 4.69) is 29.6 Å². The fourth-order valence-electron chi connectivity index (χ4n) is 3.80. The Bertz CT molecular complexity index is 778. The first-order chi connectivity index (χ1) is 12.7. The number of benzene rings is 2. The Balaban J connectivity index is 1.40. The highest BCUT2D eigenvalue weighted by Gasteiger charge is 2.37. The predicted molar refractivity (Wildman–Crippen MR) is 99.5 cm³/mol. The number of amides is 1. The number of hydrogen-bond acceptors (Lipinski definition) is 4. The molecule has 0 spiro atoms. The van der Waals surface area contributed by atoms with Crippen LogP contribution in [-0.2, 0) is 11.2 Å². The number of likely N-dealkylation sites (tertiary alicyclic amines) is 1. The summed E-state index contributed by atoms with van der Waals surface area (Å²) in [4.78, 5) is 14.1. The normalized spacial score (nSPS) is 21.9. The lowest BCUT2D eigenvalue weighted by Gasteiger charge is -2.26. The maximum Gasteiger partial charge on any atom is 0.224 e. The van der Waals surface area contributed by atoms with Crippen molar-refractivity contribution in [3.8, 4) is 11.5 Å². The van der Waals surface area contributed by atoms with Gasteiger partial charge in [0.1, 0.15) is 13.2 Å². The molecule has 26 heavy (non-hydrogen) atoms. The standard InChI is InChI=1S/C21H24N2O3/c1-23-20(24)14-17(21(23)16-5-3-2-4-6-16)22-10-9-15-7-8-18-19(13-15)26-12-11-25-18/h2-8,13,17,21-22H,9-12,14H2,1H3/t17-,21+/m0/s1. The molecule has 1 fully saturated rings. The molecule has 5 heteroatoms. The second kappa shape index (κ2) is 7.38. The minimum Gasteiger partial charge on any atom is -0.486 e. The van der Waals surface area contributed by atoms with Gasteiger partial charge in [-0.2, -0.15) is 0 Å². The molecule has 2 aromatic carbocycles. The molecule has 0 unspecified atom stereocenters. The molecule has 2 heterocycles. The van der Waals surface area contributed by atoms with E-state index in [4.69, 9.17) is 9.47 Å². The Labute approximate surface area is 153 Å². The summed E-state index contributed by atoms with van der Waals surface area (Å²) in [5, 5.41) is 3.58. The molecule has 136 valence electrons. The monoisotopic (exact) mass is 352 g/mol. The van der Waals surface area contributed by atoms with Gasteiger partial charge in [0, 0.05) is 19.5 Å². The Morgan fingerprint density at radius 3 is 2.65 bits per heavy atom. The van der Waals surface area contributed by atoms with Crippen LogP contribution in [0.15, 0.2) is 48.5 Å². The maximum atomic E-state index is 12.2. The van der Waals surface area contributed by atoms with E-state index in [9.17, 15) is 4.79 Å². The van der Waals surface area contributed by atoms with Crippen molar-refractivity contribution in [1.82, 2.24) is 10.2 Å². The lowest BCUT2D eigenvalue weighted by Crippen LogP contribution is -2.36. The fourth-order valence-corrected chi connectivity index (χ4v) is 3.80. The first-order valence-electron chi connectivity index (χ1n) is 9.15. The Kier molecular flexibility index (Phi) is 4.80. The van der Waals surface area contributed by atoms with Gasteiger partial charge in [0.2, 0.25) is 5.91 Å². The van der Waals surface area contributed by atoms with Crippen LogP contribution in [0, 0.1) is 0 Å². The quantitative estimate of drug-likeness (QED) is 0.899. The van der Waals surface area contributed by atoms with Crippen molar-refractivity contribution in [2.45, 2.75) is 24.9 Å². The van der Waals surface area contributed by atoms with Crippen LogP contribution in [0.3, 0.4) is 0 Å². The van der Waals surface area contributed by atoms with Gasteiger partial charge in [-0.25, -0.2) is 0 Å². The molecule has 4 rings (SSSR count). The first-order valence-corrected chi connectivity index (χ1v) is 9.15. The van der Waals surface area contributed by atoms with Gasteiger partial charge in [0.25, 0.3) is 0 Å². The SMILES string of the molecule is CN1C(=O)C[C@H](NCCc2ccc3c(c2)OCCO3)[C@H]1c1ccccc1. The molecule has 2 aliphatic heterocycles. The lowest BCUT2D eigenvalue weighted by atomic mass is 10.00. The van der Waals surface area contributed by atoms with Crippen molar-refractivity contribution in [1.29, 1.82) is 0 Å². The summed E-state index contributed by atoms with van der Waals surface area (Å²) in [5.41, 5.74) is 2.38. The van der Waals surface area contributed by atoms with Crippen molar-refractivity contribution in [2.75, 3.05) is 26.8 Å². The minimum atomic E-state index is 0.0870. The number of nitrogens with zero attached hydrogens (tertiary/aromatic N) is 1. The van der Waals surface area contributed by atoms with Crippen LogP contribution >= 0.6 is 0 Å². The zero-order chi connectivity index (χ0) is 17.9. The number of nitrogens with one attached hydrogen (secondary N) is 1. The van der Waals surface area contributed by atoms with Crippen molar-refractivity contribution in [3.05, 3.63) is 59.7 Å². The summed E-state index contributed by atoms with van der Waals surface area (Å²) >= 11 is 0. The molecule has 0 radical (unpaired) electrons. The van der Waals surface area contributed by atoms with E-state index in [0.717, 1.165) is 24.5 Å². The van der Waals surface area contributed by atoms with Crippen LogP contribution in [0.4, 0.5) is 0 Å². The number of likely N-dealkylation sites (N-methyl/N-ethyl adjacent to an activating group) is 1. The summed E-state index contributed by atoms with van der Waals surface area (Å²) < 4.78 is 11.2. The number of hydrogen-bond donors (Lipinski definition) is 1. The number of fused-ring (bicyclic) bond motifs is 1. The highest BCUT2D eigenvalue weighted by Crippen LogP contribution is 2.32. The van der Waals surface area contributed by atoms with Crippen LogP contribution in [0.1, 0.15) is 23.6 Å². The molecule has 2 aromatic rings. The van der Waals surface area contributed by atoms with Gasteiger partial charge in [0.05, 0.1) is 6.04 Å². The van der Waals surface area contributed by atoms with Crippen LogP contribution in [-0.4, -0.2) is 43.7 Å². The van der Waals surface area contributed by atoms with Crippen molar-refractivity contribution < 1.29 is 14.3 Å². The van der Waals surface area contributed by atoms with E-state index in [1.165, 1.54) is 11.1 Å². The number of carbonyl (C=O) groups excluding carboxylic acids is 1. The Morgan fingerprint density at radius 1 is 1.08 bits per heavy atom. The zero-order valence-corrected chi connectivity index (χ0v) is 15.0. The zero-order valence-electron chi connectivity index (χ0n) is 15.0. The van der Waals surface area contributed by atoms with Gasteiger partial charge in [0.15, 0.2) is 11.5 Å². The second-order valence-corrected chi connectivity index (χ2v) is 6.85. The van der Waals surface area contributed by atoms with Crippen molar-refractivity contribution in [3.63, 3.8) is 0 Å². The summed E-state index contributed by atoms with van der Waals surface area (Å²) in [5.74, 6) is 1.84. The average Bonchev–Trinajstić information content (AvgIpc) is 2.96. The van der Waals surface area contributed by atoms with Crippen LogP contribution < -0.4 is 14.8 Å². The van der Waals surface area contributed by atoms with E-state index < -0.39 is 0 Å². The largest absolute Gasteiger partial charge is 0.486 e. The summed E-state index contributed by atoms with van der Waals surface area (Å²) in [6.45, 7) is 2.02. The molecule has 0 aliphatic carbocycles. The van der Waals surface area contributed by atoms with Gasteiger partial charge in [-0.15, -0.1) is 0 Å². The van der Waals surface area contributed by atoms with E-state index in [1.54, 1.807) is 0 Å². The summed E-state index contributed by atoms with van der Waals surface area (Å²) in [7, 11) is 1.89. The molecule has 1 N–H and O–H groups in total. The van der Waals surface area contributed by atoms with Gasteiger partial charge < -0.3 is 19.7 Å². The number of rotatable bonds is 5. The van der Waals surface area contributed by atoms with Gasteiger partial charge in [-0.3, -0.25) is 4.79 Å². The summed E-state index contributed by atoms with van der Waals surface area (Å²) in [6.07, 6.45) is 1.42. The first kappa shape index (κ1) is 16.9. The third-order valence-electron chi connectivity index (χ3n) is 5.15. The Hall–Kier alpha value is -2.53. The summed E-state index contributed by atoms with van der Waals surface area (Å²) in [6, 6.07) is 16.6. The second-order valence-electron chi connectivity index (χ2n) is 6.85. The number of ether oxygens (including phenoxy) is 2. The molecule has 0 bridgehead atoms. The van der Waals surface area contributed by atoms with Crippen molar-refractivity contribution in [2.24, 2.45) is 0 Å². The smallest absolute Gasteiger partial charge is 0.224 e. The van der Waals surface area contributed by atoms with E-state index in [-0.39, 0.29) is 18.0 Å². The van der Waals surface area contributed by atoms with E-state index in [0.29, 0.717) is 19.6 Å². The number of carbonyl (C=O) groups is 1. The van der Waals surface area contributed by atoms with Gasteiger partial charge in [-0.05, 0) is 36.2 Å². The highest BCUT2D eigenvalue weighted by atomic mass is 16.6. The topological polar surface area (TPSA) is 50.8 Å². The molecular formula is C21H24N2O3. The fraction of sp³-hybridized carbons (Fsp3) is 0.381. The maximum absolute atomic E-state index is 12.2. The molecule has 2 atom stereocenters. The molecule has 2 aliphatic rings. The molecular weight excluding hydrogens is 328 g/mol. The molecule has 1 amide bonds. The van der Waals surface area contributed by atoms with Gasteiger partial charge in [-0.1, -0.05) is 36.4 Å².